The van der Waals surface area contributed by atoms with Gasteiger partial charge in [-0.15, -0.1) is 0 Å². The third-order valence-corrected chi connectivity index (χ3v) is 7.86. The maximum Gasteiger partial charge on any atom is 0.123 e. The van der Waals surface area contributed by atoms with Crippen LogP contribution in [0.25, 0.3) is 33.0 Å². The lowest BCUT2D eigenvalue weighted by molar-refractivity contribution is 0.475. The number of phenols is 2. The van der Waals surface area contributed by atoms with Crippen molar-refractivity contribution in [2.24, 2.45) is 0 Å². The van der Waals surface area contributed by atoms with Crippen molar-refractivity contribution in [1.29, 1.82) is 0 Å². The predicted molar refractivity (Wildman–Crippen MR) is 161 cm³/mol. The molecule has 0 radical (unpaired) electrons. The Kier molecular flexibility index (Phi) is 6.38. The average Bonchev–Trinajstić information content (AvgIpc) is 2.98. The standard InChI is InChI=1S/C37H30O2/c1-37(25-29-17-10-16-26-15-8-9-18-32(26)29,30-19-21-35(38)33(23-30)27-11-4-2-5-12-27)31-20-22-36(39)34(24-31)28-13-6-3-7-14-28/h2-24,38-39H,25H2,1H3. The number of aromatic hydroxyl groups is 2. The van der Waals surface area contributed by atoms with Crippen molar-refractivity contribution >= 4 is 10.8 Å². The first-order chi connectivity index (χ1) is 19.0. The van der Waals surface area contributed by atoms with Crippen molar-refractivity contribution in [2.45, 2.75) is 18.8 Å². The van der Waals surface area contributed by atoms with E-state index in [0.29, 0.717) is 0 Å². The van der Waals surface area contributed by atoms with E-state index in [2.05, 4.69) is 61.5 Å². The van der Waals surface area contributed by atoms with Crippen LogP contribution in [0.2, 0.25) is 0 Å². The molecule has 0 spiro atoms. The van der Waals surface area contributed by atoms with Crippen molar-refractivity contribution < 1.29 is 10.2 Å². The molecule has 6 aromatic carbocycles. The fourth-order valence-corrected chi connectivity index (χ4v) is 5.65. The van der Waals surface area contributed by atoms with E-state index in [1.54, 1.807) is 12.1 Å². The van der Waals surface area contributed by atoms with Gasteiger partial charge < -0.3 is 10.2 Å². The van der Waals surface area contributed by atoms with E-state index in [-0.39, 0.29) is 11.5 Å². The first-order valence-electron chi connectivity index (χ1n) is 13.3. The fourth-order valence-electron chi connectivity index (χ4n) is 5.65. The maximum atomic E-state index is 10.9. The number of hydrogen-bond donors (Lipinski definition) is 2. The topological polar surface area (TPSA) is 40.5 Å². The highest BCUT2D eigenvalue weighted by molar-refractivity contribution is 5.86. The van der Waals surface area contributed by atoms with E-state index in [9.17, 15) is 10.2 Å². The van der Waals surface area contributed by atoms with Crippen LogP contribution in [-0.4, -0.2) is 10.2 Å². The third-order valence-electron chi connectivity index (χ3n) is 7.86. The molecule has 0 atom stereocenters. The molecule has 2 N–H and O–H groups in total. The van der Waals surface area contributed by atoms with Crippen LogP contribution in [0.1, 0.15) is 23.6 Å². The van der Waals surface area contributed by atoms with E-state index >= 15 is 0 Å². The summed E-state index contributed by atoms with van der Waals surface area (Å²) in [5.41, 5.74) is 6.53. The second kappa shape index (κ2) is 10.2. The summed E-state index contributed by atoms with van der Waals surface area (Å²) >= 11 is 0. The molecule has 39 heavy (non-hydrogen) atoms. The Morgan fingerprint density at radius 2 is 1.00 bits per heavy atom. The Labute approximate surface area is 229 Å². The molecule has 2 heteroatoms. The summed E-state index contributed by atoms with van der Waals surface area (Å²) in [4.78, 5) is 0. The van der Waals surface area contributed by atoms with Gasteiger partial charge in [0.2, 0.25) is 0 Å². The number of hydrogen-bond acceptors (Lipinski definition) is 2. The molecule has 0 aromatic heterocycles. The minimum Gasteiger partial charge on any atom is -0.507 e. The summed E-state index contributed by atoms with van der Waals surface area (Å²) in [6, 6.07) is 46.9. The van der Waals surface area contributed by atoms with Crippen LogP contribution in [0, 0.1) is 0 Å². The monoisotopic (exact) mass is 506 g/mol. The van der Waals surface area contributed by atoms with Gasteiger partial charge in [0.1, 0.15) is 11.5 Å². The maximum absolute atomic E-state index is 10.9. The minimum atomic E-state index is -0.460. The zero-order chi connectivity index (χ0) is 26.8. The van der Waals surface area contributed by atoms with Gasteiger partial charge in [0.15, 0.2) is 0 Å². The van der Waals surface area contributed by atoms with Crippen molar-refractivity contribution in [3.8, 4) is 33.8 Å². The lowest BCUT2D eigenvalue weighted by atomic mass is 9.70. The van der Waals surface area contributed by atoms with Gasteiger partial charge in [0.05, 0.1) is 0 Å². The lowest BCUT2D eigenvalue weighted by Gasteiger charge is -2.33. The summed E-state index contributed by atoms with van der Waals surface area (Å²) in [5.74, 6) is 0.515. The molecule has 190 valence electrons. The SMILES string of the molecule is CC(Cc1cccc2ccccc12)(c1ccc(O)c(-c2ccccc2)c1)c1ccc(O)c(-c2ccccc2)c1. The van der Waals surface area contributed by atoms with Gasteiger partial charge in [-0.05, 0) is 69.3 Å². The normalized spacial score (nSPS) is 11.5. The molecule has 2 nitrogen and oxygen atoms in total. The molecular formula is C37H30O2. The zero-order valence-electron chi connectivity index (χ0n) is 21.9. The predicted octanol–water partition coefficient (Wildman–Crippen LogP) is 9.13. The van der Waals surface area contributed by atoms with Crippen LogP contribution in [0.15, 0.2) is 140 Å². The van der Waals surface area contributed by atoms with Crippen LogP contribution >= 0.6 is 0 Å². The molecule has 0 heterocycles. The number of rotatable bonds is 6. The molecule has 0 aliphatic rings. The molecule has 0 saturated carbocycles. The molecule has 0 aliphatic heterocycles. The van der Waals surface area contributed by atoms with Crippen LogP contribution < -0.4 is 0 Å². The van der Waals surface area contributed by atoms with Gasteiger partial charge in [-0.1, -0.05) is 122 Å². The van der Waals surface area contributed by atoms with E-state index < -0.39 is 5.41 Å². The first kappa shape index (κ1) is 24.5. The van der Waals surface area contributed by atoms with E-state index in [4.69, 9.17) is 0 Å². The fraction of sp³-hybridized carbons (Fsp3) is 0.0811. The second-order valence-electron chi connectivity index (χ2n) is 10.3. The van der Waals surface area contributed by atoms with E-state index in [1.807, 2.05) is 72.8 Å². The van der Waals surface area contributed by atoms with Crippen molar-refractivity contribution in [3.63, 3.8) is 0 Å². The summed E-state index contributed by atoms with van der Waals surface area (Å²) in [6.07, 6.45) is 0.742. The van der Waals surface area contributed by atoms with Crippen molar-refractivity contribution in [2.75, 3.05) is 0 Å². The number of fused-ring (bicyclic) bond motifs is 1. The second-order valence-corrected chi connectivity index (χ2v) is 10.3. The van der Waals surface area contributed by atoms with Gasteiger partial charge in [0.25, 0.3) is 0 Å². The highest BCUT2D eigenvalue weighted by atomic mass is 16.3. The molecular weight excluding hydrogens is 476 g/mol. The Morgan fingerprint density at radius 3 is 1.56 bits per heavy atom. The van der Waals surface area contributed by atoms with Gasteiger partial charge in [-0.2, -0.15) is 0 Å². The third kappa shape index (κ3) is 4.66. The largest absolute Gasteiger partial charge is 0.507 e. The summed E-state index contributed by atoms with van der Waals surface area (Å²) in [7, 11) is 0. The van der Waals surface area contributed by atoms with E-state index in [1.165, 1.54) is 16.3 Å². The molecule has 0 unspecified atom stereocenters. The first-order valence-corrected chi connectivity index (χ1v) is 13.3. The van der Waals surface area contributed by atoms with Gasteiger partial charge >= 0.3 is 0 Å². The highest BCUT2D eigenvalue weighted by Crippen LogP contribution is 2.43. The molecule has 6 rings (SSSR count). The molecule has 0 aliphatic carbocycles. The Bertz CT molecular complexity index is 1660. The van der Waals surface area contributed by atoms with Crippen LogP contribution in [-0.2, 0) is 11.8 Å². The summed E-state index contributed by atoms with van der Waals surface area (Å²) in [6.45, 7) is 2.26. The minimum absolute atomic E-state index is 0.258. The highest BCUT2D eigenvalue weighted by Gasteiger charge is 2.32. The lowest BCUT2D eigenvalue weighted by Crippen LogP contribution is -2.27. The van der Waals surface area contributed by atoms with Gasteiger partial charge in [-0.3, -0.25) is 0 Å². The van der Waals surface area contributed by atoms with Crippen molar-refractivity contribution in [1.82, 2.24) is 0 Å². The smallest absolute Gasteiger partial charge is 0.123 e. The average molecular weight is 507 g/mol. The van der Waals surface area contributed by atoms with Crippen molar-refractivity contribution in [3.05, 3.63) is 156 Å². The molecule has 0 bridgehead atoms. The van der Waals surface area contributed by atoms with E-state index in [0.717, 1.165) is 39.8 Å². The van der Waals surface area contributed by atoms with Crippen LogP contribution in [0.5, 0.6) is 11.5 Å². The van der Waals surface area contributed by atoms with Gasteiger partial charge in [0, 0.05) is 16.5 Å². The molecule has 0 saturated heterocycles. The Morgan fingerprint density at radius 1 is 0.513 bits per heavy atom. The van der Waals surface area contributed by atoms with Gasteiger partial charge in [-0.25, -0.2) is 0 Å². The quantitative estimate of drug-likeness (QED) is 0.236. The molecule has 0 fully saturated rings. The number of benzene rings is 6. The van der Waals surface area contributed by atoms with Crippen LogP contribution in [0.4, 0.5) is 0 Å². The molecule has 6 aromatic rings. The van der Waals surface area contributed by atoms with Crippen LogP contribution in [0.3, 0.4) is 0 Å². The zero-order valence-corrected chi connectivity index (χ0v) is 21.9. The number of phenolic OH excluding ortho intramolecular Hbond substituents is 2. The Balaban J connectivity index is 1.57. The summed E-state index contributed by atoms with van der Waals surface area (Å²) < 4.78 is 0. The summed E-state index contributed by atoms with van der Waals surface area (Å²) in [5, 5.41) is 24.1. The molecule has 0 amide bonds. The Hall–Kier alpha value is -4.82.